The number of aromatic amines is 2. The van der Waals surface area contributed by atoms with Crippen LogP contribution in [0.4, 0.5) is 0 Å². The predicted octanol–water partition coefficient (Wildman–Crippen LogP) is 3.73. The second kappa shape index (κ2) is 5.48. The van der Waals surface area contributed by atoms with Crippen LogP contribution in [0.2, 0.25) is 0 Å². The van der Waals surface area contributed by atoms with E-state index in [2.05, 4.69) is 41.8 Å². The van der Waals surface area contributed by atoms with Gasteiger partial charge in [-0.1, -0.05) is 20.3 Å². The van der Waals surface area contributed by atoms with Crippen LogP contribution in [0.15, 0.2) is 23.3 Å². The zero-order valence-corrected chi connectivity index (χ0v) is 14.8. The van der Waals surface area contributed by atoms with E-state index in [1.807, 2.05) is 16.8 Å². The first-order chi connectivity index (χ1) is 12.0. The van der Waals surface area contributed by atoms with Crippen LogP contribution in [0.1, 0.15) is 46.1 Å². The summed E-state index contributed by atoms with van der Waals surface area (Å²) >= 11 is 0. The highest BCUT2D eigenvalue weighted by atomic mass is 16.1. The molecule has 4 rings (SSSR count). The fourth-order valence-electron chi connectivity index (χ4n) is 4.93. The number of H-pyrrole nitrogens is 2. The Labute approximate surface area is 145 Å². The number of hydrogen-bond donors (Lipinski definition) is 2. The molecular formula is C19H23N5O. The van der Waals surface area contributed by atoms with Crippen LogP contribution in [0, 0.1) is 28.6 Å². The number of rotatable bonds is 2. The van der Waals surface area contributed by atoms with Gasteiger partial charge in [-0.2, -0.15) is 5.26 Å². The third-order valence-corrected chi connectivity index (χ3v) is 5.90. The Hall–Kier alpha value is -2.55. The molecule has 3 aromatic rings. The first kappa shape index (κ1) is 15.9. The molecule has 3 heterocycles. The molecule has 130 valence electrons. The minimum Gasteiger partial charge on any atom is -0.346 e. The Morgan fingerprint density at radius 2 is 2.28 bits per heavy atom. The molecule has 6 nitrogen and oxygen atoms in total. The number of imidazole rings is 1. The molecule has 0 spiro atoms. The second-order valence-corrected chi connectivity index (χ2v) is 7.78. The zero-order valence-electron chi connectivity index (χ0n) is 14.8. The maximum atomic E-state index is 12.8. The van der Waals surface area contributed by atoms with Crippen molar-refractivity contribution >= 4 is 22.1 Å². The average molecular weight is 337 g/mol. The molecular weight excluding hydrogens is 314 g/mol. The van der Waals surface area contributed by atoms with E-state index in [0.717, 1.165) is 41.3 Å². The third-order valence-electron chi connectivity index (χ3n) is 5.90. The fourth-order valence-corrected chi connectivity index (χ4v) is 4.93. The van der Waals surface area contributed by atoms with E-state index in [1.165, 1.54) is 0 Å². The molecule has 1 saturated carbocycles. The van der Waals surface area contributed by atoms with Crippen LogP contribution in [-0.4, -0.2) is 19.5 Å². The molecule has 0 amide bonds. The molecule has 3 aromatic heterocycles. The molecule has 1 fully saturated rings. The van der Waals surface area contributed by atoms with E-state index in [0.29, 0.717) is 5.92 Å². The van der Waals surface area contributed by atoms with Crippen molar-refractivity contribution in [3.63, 3.8) is 0 Å². The van der Waals surface area contributed by atoms with Gasteiger partial charge >= 0.3 is 5.69 Å². The second-order valence-electron chi connectivity index (χ2n) is 7.78. The first-order valence-electron chi connectivity index (χ1n) is 8.95. The molecule has 6 heteroatoms. The van der Waals surface area contributed by atoms with Crippen molar-refractivity contribution in [2.45, 2.75) is 46.1 Å². The van der Waals surface area contributed by atoms with Crippen molar-refractivity contribution < 1.29 is 0 Å². The van der Waals surface area contributed by atoms with Gasteiger partial charge in [-0.25, -0.2) is 9.78 Å². The van der Waals surface area contributed by atoms with Gasteiger partial charge in [-0.15, -0.1) is 0 Å². The molecule has 0 saturated heterocycles. The van der Waals surface area contributed by atoms with Crippen molar-refractivity contribution in [2.24, 2.45) is 17.3 Å². The number of aromatic nitrogens is 4. The largest absolute Gasteiger partial charge is 0.346 e. The maximum absolute atomic E-state index is 12.8. The molecule has 2 N–H and O–H groups in total. The van der Waals surface area contributed by atoms with E-state index < -0.39 is 0 Å². The summed E-state index contributed by atoms with van der Waals surface area (Å²) < 4.78 is 1.93. The summed E-state index contributed by atoms with van der Waals surface area (Å²) in [5.74, 6) is 0.550. The number of nitrogens with zero attached hydrogens (tertiary/aromatic N) is 3. The van der Waals surface area contributed by atoms with Crippen molar-refractivity contribution in [3.05, 3.63) is 28.9 Å². The zero-order chi connectivity index (χ0) is 17.8. The Bertz CT molecular complexity index is 1040. The summed E-state index contributed by atoms with van der Waals surface area (Å²) in [6, 6.07) is 4.57. The van der Waals surface area contributed by atoms with Crippen LogP contribution in [-0.2, 0) is 0 Å². The van der Waals surface area contributed by atoms with E-state index in [9.17, 15) is 10.1 Å². The average Bonchev–Trinajstić information content (AvgIpc) is 3.18. The quantitative estimate of drug-likeness (QED) is 0.746. The molecule has 0 aromatic carbocycles. The molecule has 25 heavy (non-hydrogen) atoms. The number of nitrogens with one attached hydrogen (secondary N) is 2. The summed E-state index contributed by atoms with van der Waals surface area (Å²) in [5, 5.41) is 10.6. The molecule has 1 aliphatic carbocycles. The molecule has 4 atom stereocenters. The lowest BCUT2D eigenvalue weighted by molar-refractivity contribution is 0.0911. The molecule has 4 unspecified atom stereocenters. The van der Waals surface area contributed by atoms with E-state index in [1.54, 1.807) is 6.20 Å². The number of nitriles is 1. The summed E-state index contributed by atoms with van der Waals surface area (Å²) in [7, 11) is 0. The van der Waals surface area contributed by atoms with Gasteiger partial charge in [0.05, 0.1) is 28.7 Å². The Kier molecular flexibility index (Phi) is 3.50. The molecule has 0 aliphatic heterocycles. The SMILES string of the molecule is CCC1CC(C)(C#N)CC(C)C1n1c(=O)[nH]c2cnc3[nH]ccc3c21. The van der Waals surface area contributed by atoms with Crippen LogP contribution in [0.25, 0.3) is 22.1 Å². The molecule has 1 aliphatic rings. The third kappa shape index (κ3) is 2.30. The number of pyridine rings is 1. The van der Waals surface area contributed by atoms with Gasteiger partial charge in [0.15, 0.2) is 0 Å². The van der Waals surface area contributed by atoms with Gasteiger partial charge < -0.3 is 9.97 Å². The minimum absolute atomic E-state index is 0.0821. The lowest BCUT2D eigenvalue weighted by atomic mass is 9.64. The Morgan fingerprint density at radius 3 is 3.00 bits per heavy atom. The summed E-state index contributed by atoms with van der Waals surface area (Å²) in [6.45, 7) is 6.37. The summed E-state index contributed by atoms with van der Waals surface area (Å²) in [6.07, 6.45) is 6.17. The smallest absolute Gasteiger partial charge is 0.326 e. The van der Waals surface area contributed by atoms with Crippen molar-refractivity contribution in [1.29, 1.82) is 5.26 Å². The van der Waals surface area contributed by atoms with Gasteiger partial charge in [0.2, 0.25) is 0 Å². The lowest BCUT2D eigenvalue weighted by Crippen LogP contribution is -2.40. The molecule has 0 radical (unpaired) electrons. The number of fused-ring (bicyclic) bond motifs is 3. The Balaban J connectivity index is 1.94. The van der Waals surface area contributed by atoms with Crippen LogP contribution < -0.4 is 5.69 Å². The van der Waals surface area contributed by atoms with Crippen molar-refractivity contribution in [3.8, 4) is 6.07 Å². The first-order valence-corrected chi connectivity index (χ1v) is 8.95. The summed E-state index contributed by atoms with van der Waals surface area (Å²) in [5.41, 5.74) is 2.09. The van der Waals surface area contributed by atoms with Crippen LogP contribution >= 0.6 is 0 Å². The van der Waals surface area contributed by atoms with Crippen molar-refractivity contribution in [2.75, 3.05) is 0 Å². The van der Waals surface area contributed by atoms with E-state index >= 15 is 0 Å². The van der Waals surface area contributed by atoms with Gasteiger partial charge in [-0.05, 0) is 37.7 Å². The van der Waals surface area contributed by atoms with Gasteiger partial charge in [0, 0.05) is 17.6 Å². The highest BCUT2D eigenvalue weighted by Crippen LogP contribution is 2.49. The molecule has 0 bridgehead atoms. The monoisotopic (exact) mass is 337 g/mol. The standard InChI is InChI=1S/C19H23N5O/c1-4-12-8-19(3,10-20)7-11(2)15(12)24-16-13-5-6-21-17(13)22-9-14(16)23-18(24)25/h5-6,9,11-12,15H,4,7-8H2,1-3H3,(H,21,22)(H,23,25). The minimum atomic E-state index is -0.308. The van der Waals surface area contributed by atoms with Crippen LogP contribution in [0.3, 0.4) is 0 Å². The highest BCUT2D eigenvalue weighted by molar-refractivity contribution is 6.00. The topological polar surface area (TPSA) is 90.3 Å². The number of hydrogen-bond acceptors (Lipinski definition) is 3. The Morgan fingerprint density at radius 1 is 1.48 bits per heavy atom. The van der Waals surface area contributed by atoms with Crippen molar-refractivity contribution in [1.82, 2.24) is 19.5 Å². The lowest BCUT2D eigenvalue weighted by Gasteiger charge is -2.43. The maximum Gasteiger partial charge on any atom is 0.326 e. The van der Waals surface area contributed by atoms with Gasteiger partial charge in [0.1, 0.15) is 5.65 Å². The fraction of sp³-hybridized carbons (Fsp3) is 0.526. The van der Waals surface area contributed by atoms with Gasteiger partial charge in [0.25, 0.3) is 0 Å². The normalized spacial score (nSPS) is 29.9. The predicted molar refractivity (Wildman–Crippen MR) is 97.1 cm³/mol. The van der Waals surface area contributed by atoms with Gasteiger partial charge in [-0.3, -0.25) is 4.57 Å². The summed E-state index contributed by atoms with van der Waals surface area (Å²) in [4.78, 5) is 23.3. The van der Waals surface area contributed by atoms with E-state index in [-0.39, 0.29) is 23.1 Å². The highest BCUT2D eigenvalue weighted by Gasteiger charge is 2.43. The van der Waals surface area contributed by atoms with Crippen LogP contribution in [0.5, 0.6) is 0 Å². The van der Waals surface area contributed by atoms with E-state index in [4.69, 9.17) is 0 Å².